The fraction of sp³-hybridized carbons (Fsp3) is 0.350. The van der Waals surface area contributed by atoms with Crippen LogP contribution in [-0.2, 0) is 0 Å². The van der Waals surface area contributed by atoms with E-state index in [1.54, 1.807) is 6.07 Å². The first kappa shape index (κ1) is 18.1. The molecule has 6 nitrogen and oxygen atoms in total. The van der Waals surface area contributed by atoms with Gasteiger partial charge in [0.2, 0.25) is 0 Å². The second-order valence-corrected chi connectivity index (χ2v) is 6.84. The van der Waals surface area contributed by atoms with E-state index in [0.717, 1.165) is 44.1 Å². The van der Waals surface area contributed by atoms with Gasteiger partial charge in [0, 0.05) is 55.8 Å². The van der Waals surface area contributed by atoms with E-state index in [-0.39, 0.29) is 6.04 Å². The van der Waals surface area contributed by atoms with Crippen molar-refractivity contribution in [3.05, 3.63) is 54.1 Å². The standard InChI is InChI=1S/C20H27N5O/c1-15(23-19-8-3-2-7-18(19)20(22)26)14-24-9-11-25(12-10-24)17-6-4-5-16(21)13-17/h2-8,13,15,23H,9-12,14,21H2,1H3,(H2,22,26). The van der Waals surface area contributed by atoms with E-state index in [9.17, 15) is 4.79 Å². The minimum Gasteiger partial charge on any atom is -0.399 e. The molecule has 3 rings (SSSR count). The number of hydrogen-bond acceptors (Lipinski definition) is 5. The molecule has 0 aromatic heterocycles. The third kappa shape index (κ3) is 4.46. The quantitative estimate of drug-likeness (QED) is 0.691. The predicted molar refractivity (Wildman–Crippen MR) is 108 cm³/mol. The second-order valence-electron chi connectivity index (χ2n) is 6.84. The Morgan fingerprint density at radius 1 is 1.12 bits per heavy atom. The van der Waals surface area contributed by atoms with Crippen molar-refractivity contribution in [2.45, 2.75) is 13.0 Å². The summed E-state index contributed by atoms with van der Waals surface area (Å²) in [6.07, 6.45) is 0. The first-order valence-corrected chi connectivity index (χ1v) is 9.01. The van der Waals surface area contributed by atoms with Gasteiger partial charge in [-0.1, -0.05) is 18.2 Å². The monoisotopic (exact) mass is 353 g/mol. The number of anilines is 3. The summed E-state index contributed by atoms with van der Waals surface area (Å²) < 4.78 is 0. The largest absolute Gasteiger partial charge is 0.399 e. The zero-order valence-corrected chi connectivity index (χ0v) is 15.2. The summed E-state index contributed by atoms with van der Waals surface area (Å²) in [5.41, 5.74) is 14.7. The lowest BCUT2D eigenvalue weighted by Crippen LogP contribution is -2.49. The van der Waals surface area contributed by atoms with E-state index in [0.29, 0.717) is 5.56 Å². The van der Waals surface area contributed by atoms with Gasteiger partial charge in [0.15, 0.2) is 0 Å². The van der Waals surface area contributed by atoms with Gasteiger partial charge >= 0.3 is 0 Å². The molecular weight excluding hydrogens is 326 g/mol. The van der Waals surface area contributed by atoms with Crippen molar-refractivity contribution in [2.75, 3.05) is 48.7 Å². The number of benzene rings is 2. The highest BCUT2D eigenvalue weighted by molar-refractivity contribution is 5.98. The Morgan fingerprint density at radius 2 is 1.85 bits per heavy atom. The van der Waals surface area contributed by atoms with Crippen LogP contribution >= 0.6 is 0 Å². The number of nitrogens with one attached hydrogen (secondary N) is 1. The van der Waals surface area contributed by atoms with Crippen molar-refractivity contribution in [2.24, 2.45) is 5.73 Å². The lowest BCUT2D eigenvalue weighted by Gasteiger charge is -2.37. The van der Waals surface area contributed by atoms with Crippen LogP contribution in [0.5, 0.6) is 0 Å². The molecule has 26 heavy (non-hydrogen) atoms. The van der Waals surface area contributed by atoms with Gasteiger partial charge in [-0.2, -0.15) is 0 Å². The molecule has 0 aliphatic carbocycles. The Labute approximate surface area is 154 Å². The fourth-order valence-corrected chi connectivity index (χ4v) is 3.43. The Bertz CT molecular complexity index is 755. The smallest absolute Gasteiger partial charge is 0.250 e. The minimum atomic E-state index is -0.406. The molecule has 1 atom stereocenters. The van der Waals surface area contributed by atoms with Crippen LogP contribution < -0.4 is 21.7 Å². The van der Waals surface area contributed by atoms with Gasteiger partial charge < -0.3 is 21.7 Å². The molecule has 1 aliphatic heterocycles. The van der Waals surface area contributed by atoms with Gasteiger partial charge in [0.05, 0.1) is 5.56 Å². The normalized spacial score (nSPS) is 16.3. The highest BCUT2D eigenvalue weighted by Gasteiger charge is 2.19. The van der Waals surface area contributed by atoms with E-state index in [1.165, 1.54) is 5.69 Å². The van der Waals surface area contributed by atoms with Crippen LogP contribution in [0.3, 0.4) is 0 Å². The SMILES string of the molecule is CC(CN1CCN(c2cccc(N)c2)CC1)Nc1ccccc1C(N)=O. The number of nitrogen functional groups attached to an aromatic ring is 1. The molecule has 1 aliphatic rings. The number of amides is 1. The number of primary amides is 1. The van der Waals surface area contributed by atoms with Crippen LogP contribution in [0.25, 0.3) is 0 Å². The summed E-state index contributed by atoms with van der Waals surface area (Å²) >= 11 is 0. The third-order valence-electron chi connectivity index (χ3n) is 4.73. The molecule has 5 N–H and O–H groups in total. The Balaban J connectivity index is 1.52. The summed E-state index contributed by atoms with van der Waals surface area (Å²) in [7, 11) is 0. The molecule has 6 heteroatoms. The first-order chi connectivity index (χ1) is 12.5. The van der Waals surface area contributed by atoms with E-state index in [2.05, 4.69) is 28.1 Å². The van der Waals surface area contributed by atoms with Crippen LogP contribution in [-0.4, -0.2) is 49.6 Å². The number of piperazine rings is 1. The van der Waals surface area contributed by atoms with E-state index < -0.39 is 5.91 Å². The van der Waals surface area contributed by atoms with Crippen molar-refractivity contribution in [1.82, 2.24) is 4.90 Å². The Kier molecular flexibility index (Phi) is 5.63. The molecule has 138 valence electrons. The summed E-state index contributed by atoms with van der Waals surface area (Å²) in [6, 6.07) is 15.6. The molecule has 1 unspecified atom stereocenters. The molecule has 2 aromatic rings. The third-order valence-corrected chi connectivity index (χ3v) is 4.73. The number of carbonyl (C=O) groups excluding carboxylic acids is 1. The summed E-state index contributed by atoms with van der Waals surface area (Å²) in [4.78, 5) is 16.4. The molecular formula is C20H27N5O. The highest BCUT2D eigenvalue weighted by atomic mass is 16.1. The number of para-hydroxylation sites is 1. The Hall–Kier alpha value is -2.73. The van der Waals surface area contributed by atoms with E-state index in [4.69, 9.17) is 11.5 Å². The topological polar surface area (TPSA) is 87.6 Å². The molecule has 1 amide bonds. The highest BCUT2D eigenvalue weighted by Crippen LogP contribution is 2.20. The Morgan fingerprint density at radius 3 is 2.54 bits per heavy atom. The van der Waals surface area contributed by atoms with E-state index in [1.807, 2.05) is 36.4 Å². The maximum absolute atomic E-state index is 11.5. The number of rotatable bonds is 6. The molecule has 0 spiro atoms. The number of nitrogens with zero attached hydrogens (tertiary/aromatic N) is 2. The zero-order chi connectivity index (χ0) is 18.5. The first-order valence-electron chi connectivity index (χ1n) is 9.01. The van der Waals surface area contributed by atoms with Gasteiger partial charge in [-0.15, -0.1) is 0 Å². The van der Waals surface area contributed by atoms with Crippen LogP contribution in [0.15, 0.2) is 48.5 Å². The molecule has 0 radical (unpaired) electrons. The molecule has 1 saturated heterocycles. The van der Waals surface area contributed by atoms with Gasteiger partial charge in [0.1, 0.15) is 0 Å². The van der Waals surface area contributed by atoms with Crippen LogP contribution in [0.1, 0.15) is 17.3 Å². The van der Waals surface area contributed by atoms with Crippen molar-refractivity contribution < 1.29 is 4.79 Å². The van der Waals surface area contributed by atoms with Crippen molar-refractivity contribution in [3.63, 3.8) is 0 Å². The zero-order valence-electron chi connectivity index (χ0n) is 15.2. The maximum Gasteiger partial charge on any atom is 0.250 e. The molecule has 1 fully saturated rings. The predicted octanol–water partition coefficient (Wildman–Crippen LogP) is 1.99. The number of hydrogen-bond donors (Lipinski definition) is 3. The summed E-state index contributed by atoms with van der Waals surface area (Å²) in [5, 5.41) is 3.42. The fourth-order valence-electron chi connectivity index (χ4n) is 3.43. The molecule has 0 saturated carbocycles. The number of carbonyl (C=O) groups is 1. The van der Waals surface area contributed by atoms with Crippen molar-refractivity contribution in [3.8, 4) is 0 Å². The second kappa shape index (κ2) is 8.10. The lowest BCUT2D eigenvalue weighted by atomic mass is 10.1. The molecule has 2 aromatic carbocycles. The van der Waals surface area contributed by atoms with Crippen LogP contribution in [0.4, 0.5) is 17.1 Å². The van der Waals surface area contributed by atoms with Crippen LogP contribution in [0.2, 0.25) is 0 Å². The van der Waals surface area contributed by atoms with Gasteiger partial charge in [0.25, 0.3) is 5.91 Å². The molecule has 0 bridgehead atoms. The lowest BCUT2D eigenvalue weighted by molar-refractivity contribution is 0.100. The van der Waals surface area contributed by atoms with Crippen molar-refractivity contribution in [1.29, 1.82) is 0 Å². The molecule has 1 heterocycles. The van der Waals surface area contributed by atoms with Gasteiger partial charge in [-0.25, -0.2) is 0 Å². The average molecular weight is 353 g/mol. The maximum atomic E-state index is 11.5. The van der Waals surface area contributed by atoms with E-state index >= 15 is 0 Å². The van der Waals surface area contributed by atoms with Crippen LogP contribution in [0, 0.1) is 0 Å². The van der Waals surface area contributed by atoms with Gasteiger partial charge in [-0.05, 0) is 37.3 Å². The number of nitrogens with two attached hydrogens (primary N) is 2. The summed E-state index contributed by atoms with van der Waals surface area (Å²) in [6.45, 7) is 7.00. The summed E-state index contributed by atoms with van der Waals surface area (Å²) in [5.74, 6) is -0.406. The average Bonchev–Trinajstić information content (AvgIpc) is 2.62. The van der Waals surface area contributed by atoms with Gasteiger partial charge in [-0.3, -0.25) is 9.69 Å². The van der Waals surface area contributed by atoms with Crippen molar-refractivity contribution >= 4 is 23.0 Å². The minimum absolute atomic E-state index is 0.217.